The summed E-state index contributed by atoms with van der Waals surface area (Å²) < 4.78 is 5.13. The number of rotatable bonds is 2. The molecule has 2 N–H and O–H groups in total. The molecule has 2 atom stereocenters. The van der Waals surface area contributed by atoms with Crippen molar-refractivity contribution in [2.24, 2.45) is 5.73 Å². The van der Waals surface area contributed by atoms with E-state index in [9.17, 15) is 4.79 Å². The van der Waals surface area contributed by atoms with Crippen LogP contribution in [0.25, 0.3) is 0 Å². The van der Waals surface area contributed by atoms with E-state index < -0.39 is 6.10 Å². The van der Waals surface area contributed by atoms with Crippen molar-refractivity contribution in [1.82, 2.24) is 0 Å². The number of carbonyl (C=O) groups is 1. The second kappa shape index (κ2) is 2.85. The Labute approximate surface area is 76.5 Å². The van der Waals surface area contributed by atoms with E-state index in [0.29, 0.717) is 0 Å². The van der Waals surface area contributed by atoms with Crippen LogP contribution in [-0.4, -0.2) is 12.0 Å². The number of amides is 1. The van der Waals surface area contributed by atoms with E-state index in [2.05, 4.69) is 0 Å². The van der Waals surface area contributed by atoms with Crippen molar-refractivity contribution in [3.63, 3.8) is 0 Å². The Bertz CT molecular complexity index is 331. The quantitative estimate of drug-likeness (QED) is 0.683. The highest BCUT2D eigenvalue weighted by molar-refractivity contribution is 5.82. The SMILES string of the molecule is Cc1ccc(C2OC2C(N)=O)cc1. The molecule has 1 saturated heterocycles. The molecule has 1 aromatic rings. The Morgan fingerprint density at radius 2 is 2.00 bits per heavy atom. The summed E-state index contributed by atoms with van der Waals surface area (Å²) in [6, 6.07) is 7.91. The number of benzene rings is 1. The maximum Gasteiger partial charge on any atom is 0.249 e. The van der Waals surface area contributed by atoms with Gasteiger partial charge in [-0.15, -0.1) is 0 Å². The number of carbonyl (C=O) groups excluding carboxylic acids is 1. The summed E-state index contributed by atoms with van der Waals surface area (Å²) >= 11 is 0. The summed E-state index contributed by atoms with van der Waals surface area (Å²) in [6.45, 7) is 2.02. The molecule has 3 nitrogen and oxygen atoms in total. The predicted molar refractivity (Wildman–Crippen MR) is 48.0 cm³/mol. The molecule has 1 aliphatic heterocycles. The van der Waals surface area contributed by atoms with Crippen LogP contribution in [0.4, 0.5) is 0 Å². The van der Waals surface area contributed by atoms with Crippen molar-refractivity contribution in [3.05, 3.63) is 35.4 Å². The first kappa shape index (κ1) is 8.26. The average Bonchev–Trinajstić information content (AvgIpc) is 2.85. The zero-order chi connectivity index (χ0) is 9.42. The van der Waals surface area contributed by atoms with Gasteiger partial charge in [0.25, 0.3) is 0 Å². The Hall–Kier alpha value is -1.35. The summed E-state index contributed by atoms with van der Waals surface area (Å²) in [5.74, 6) is -0.384. The van der Waals surface area contributed by atoms with E-state index in [1.165, 1.54) is 5.56 Å². The molecular formula is C10H11NO2. The largest absolute Gasteiger partial charge is 0.367 e. The summed E-state index contributed by atoms with van der Waals surface area (Å²) in [6.07, 6.45) is -0.527. The summed E-state index contributed by atoms with van der Waals surface area (Å²) in [4.78, 5) is 10.7. The van der Waals surface area contributed by atoms with Crippen LogP contribution in [-0.2, 0) is 9.53 Å². The van der Waals surface area contributed by atoms with E-state index in [1.807, 2.05) is 31.2 Å². The number of epoxide rings is 1. The molecule has 1 aromatic carbocycles. The molecule has 0 aromatic heterocycles. The third-order valence-electron chi connectivity index (χ3n) is 2.18. The Kier molecular flexibility index (Phi) is 1.81. The highest BCUT2D eigenvalue weighted by Gasteiger charge is 2.44. The molecule has 1 amide bonds. The van der Waals surface area contributed by atoms with Crippen molar-refractivity contribution in [1.29, 1.82) is 0 Å². The molecule has 0 bridgehead atoms. The molecule has 0 radical (unpaired) electrons. The van der Waals surface area contributed by atoms with Gasteiger partial charge in [-0.05, 0) is 12.5 Å². The van der Waals surface area contributed by atoms with Crippen molar-refractivity contribution >= 4 is 5.91 Å². The minimum atomic E-state index is -0.414. The minimum absolute atomic E-state index is 0.113. The van der Waals surface area contributed by atoms with Crippen LogP contribution in [0.5, 0.6) is 0 Å². The fraction of sp³-hybridized carbons (Fsp3) is 0.300. The molecule has 68 valence electrons. The Morgan fingerprint density at radius 3 is 2.46 bits per heavy atom. The van der Waals surface area contributed by atoms with Gasteiger partial charge in [0.1, 0.15) is 6.10 Å². The molecular weight excluding hydrogens is 166 g/mol. The van der Waals surface area contributed by atoms with Crippen molar-refractivity contribution in [2.45, 2.75) is 19.1 Å². The lowest BCUT2D eigenvalue weighted by Gasteiger charge is -1.95. The molecule has 1 heterocycles. The number of hydrogen-bond donors (Lipinski definition) is 1. The normalized spacial score (nSPS) is 25.6. The van der Waals surface area contributed by atoms with E-state index in [1.54, 1.807) is 0 Å². The maximum absolute atomic E-state index is 10.7. The Balaban J connectivity index is 2.12. The fourth-order valence-corrected chi connectivity index (χ4v) is 1.34. The van der Waals surface area contributed by atoms with Crippen molar-refractivity contribution in [3.8, 4) is 0 Å². The zero-order valence-electron chi connectivity index (χ0n) is 7.36. The van der Waals surface area contributed by atoms with E-state index >= 15 is 0 Å². The first-order valence-electron chi connectivity index (χ1n) is 4.20. The molecule has 13 heavy (non-hydrogen) atoms. The summed E-state index contributed by atoms with van der Waals surface area (Å²) in [7, 11) is 0. The highest BCUT2D eigenvalue weighted by atomic mass is 16.6. The predicted octanol–water partition coefficient (Wildman–Crippen LogP) is 0.920. The monoisotopic (exact) mass is 177 g/mol. The van der Waals surface area contributed by atoms with Crippen LogP contribution in [0.15, 0.2) is 24.3 Å². The molecule has 1 aliphatic rings. The number of hydrogen-bond acceptors (Lipinski definition) is 2. The van der Waals surface area contributed by atoms with Crippen LogP contribution in [0.3, 0.4) is 0 Å². The van der Waals surface area contributed by atoms with Gasteiger partial charge in [0, 0.05) is 0 Å². The van der Waals surface area contributed by atoms with E-state index in [0.717, 1.165) is 5.56 Å². The smallest absolute Gasteiger partial charge is 0.249 e. The lowest BCUT2D eigenvalue weighted by molar-refractivity contribution is -0.119. The van der Waals surface area contributed by atoms with Gasteiger partial charge < -0.3 is 10.5 Å². The molecule has 0 spiro atoms. The van der Waals surface area contributed by atoms with Gasteiger partial charge in [-0.2, -0.15) is 0 Å². The van der Waals surface area contributed by atoms with Gasteiger partial charge in [-0.25, -0.2) is 0 Å². The van der Waals surface area contributed by atoms with Crippen LogP contribution in [0.1, 0.15) is 17.2 Å². The van der Waals surface area contributed by atoms with Gasteiger partial charge in [0.2, 0.25) is 5.91 Å². The van der Waals surface area contributed by atoms with Gasteiger partial charge in [0.05, 0.1) is 0 Å². The molecule has 2 unspecified atom stereocenters. The first-order valence-corrected chi connectivity index (χ1v) is 4.20. The van der Waals surface area contributed by atoms with Crippen LogP contribution < -0.4 is 5.73 Å². The standard InChI is InChI=1S/C10H11NO2/c1-6-2-4-7(5-3-6)8-9(13-8)10(11)12/h2-5,8-9H,1H3,(H2,11,12). The molecule has 3 heteroatoms. The Morgan fingerprint density at radius 1 is 1.38 bits per heavy atom. The summed E-state index contributed by atoms with van der Waals surface area (Å²) in [5.41, 5.74) is 7.31. The molecule has 2 rings (SSSR count). The average molecular weight is 177 g/mol. The zero-order valence-corrected chi connectivity index (χ0v) is 7.36. The third-order valence-corrected chi connectivity index (χ3v) is 2.18. The number of primary amides is 1. The lowest BCUT2D eigenvalue weighted by Crippen LogP contribution is -2.18. The third kappa shape index (κ3) is 1.55. The van der Waals surface area contributed by atoms with Gasteiger partial charge >= 0.3 is 0 Å². The number of nitrogens with two attached hydrogens (primary N) is 1. The topological polar surface area (TPSA) is 55.6 Å². The van der Waals surface area contributed by atoms with Crippen LogP contribution in [0.2, 0.25) is 0 Å². The van der Waals surface area contributed by atoms with Crippen LogP contribution in [0, 0.1) is 6.92 Å². The summed E-state index contributed by atoms with van der Waals surface area (Å²) in [5, 5.41) is 0. The van der Waals surface area contributed by atoms with Gasteiger partial charge in [-0.3, -0.25) is 4.79 Å². The van der Waals surface area contributed by atoms with Crippen LogP contribution >= 0.6 is 0 Å². The lowest BCUT2D eigenvalue weighted by atomic mass is 10.1. The van der Waals surface area contributed by atoms with E-state index in [-0.39, 0.29) is 12.0 Å². The first-order chi connectivity index (χ1) is 6.18. The second-order valence-electron chi connectivity index (χ2n) is 3.29. The van der Waals surface area contributed by atoms with Gasteiger partial charge in [-0.1, -0.05) is 29.8 Å². The molecule has 0 saturated carbocycles. The minimum Gasteiger partial charge on any atom is -0.367 e. The number of ether oxygens (including phenoxy) is 1. The van der Waals surface area contributed by atoms with Gasteiger partial charge in [0.15, 0.2) is 6.10 Å². The fourth-order valence-electron chi connectivity index (χ4n) is 1.34. The maximum atomic E-state index is 10.7. The number of aryl methyl sites for hydroxylation is 1. The second-order valence-corrected chi connectivity index (χ2v) is 3.29. The van der Waals surface area contributed by atoms with Crippen molar-refractivity contribution in [2.75, 3.05) is 0 Å². The van der Waals surface area contributed by atoms with Crippen molar-refractivity contribution < 1.29 is 9.53 Å². The van der Waals surface area contributed by atoms with E-state index in [4.69, 9.17) is 10.5 Å². The highest BCUT2D eigenvalue weighted by Crippen LogP contribution is 2.38. The molecule has 1 fully saturated rings. The molecule has 0 aliphatic carbocycles.